The summed E-state index contributed by atoms with van der Waals surface area (Å²) in [5, 5.41) is 12.4. The predicted octanol–water partition coefficient (Wildman–Crippen LogP) is 3.51. The molecule has 1 aliphatic rings. The number of amides is 1. The third-order valence-electron chi connectivity index (χ3n) is 4.19. The van der Waals surface area contributed by atoms with E-state index in [1.807, 2.05) is 6.92 Å². The Bertz CT molecular complexity index is 776. The molecule has 3 rings (SSSR count). The highest BCUT2D eigenvalue weighted by Crippen LogP contribution is 2.31. The van der Waals surface area contributed by atoms with Crippen LogP contribution in [0.4, 0.5) is 0 Å². The molecule has 1 aliphatic carbocycles. The third kappa shape index (κ3) is 4.22. The first kappa shape index (κ1) is 18.4. The molecule has 1 saturated carbocycles. The van der Waals surface area contributed by atoms with Gasteiger partial charge in [-0.05, 0) is 38.0 Å². The van der Waals surface area contributed by atoms with Crippen LogP contribution < -0.4 is 11.2 Å². The summed E-state index contributed by atoms with van der Waals surface area (Å²) in [6.45, 7) is 1.83. The van der Waals surface area contributed by atoms with Gasteiger partial charge in [-0.1, -0.05) is 47.8 Å². The fraction of sp³-hybridized carbons (Fsp3) is 0.438. The number of benzene rings is 1. The zero-order valence-corrected chi connectivity index (χ0v) is 16.0. The number of nitrogens with one attached hydrogen (secondary N) is 1. The van der Waals surface area contributed by atoms with Crippen molar-refractivity contribution in [1.82, 2.24) is 20.2 Å². The number of nitrogens with zero attached hydrogens (tertiary/aromatic N) is 3. The van der Waals surface area contributed by atoms with Gasteiger partial charge in [0.2, 0.25) is 11.1 Å². The second kappa shape index (κ2) is 7.85. The summed E-state index contributed by atoms with van der Waals surface area (Å²) < 4.78 is 1.35. The van der Waals surface area contributed by atoms with Gasteiger partial charge < -0.3 is 11.2 Å². The lowest BCUT2D eigenvalue weighted by atomic mass is 10.2. The number of rotatable bonds is 5. The standard InChI is InChI=1S/C16H19Cl2N5OS/c1-9(15(24)20-11-4-2-3-5-11)25-16-22-21-14(23(16)19)12-7-6-10(17)8-13(12)18/h6-9,11H,2-5,19H2,1H3,(H,20,24). The first-order chi connectivity index (χ1) is 12.0. The molecular weight excluding hydrogens is 381 g/mol. The van der Waals surface area contributed by atoms with Crippen LogP contribution in [0.25, 0.3) is 11.4 Å². The van der Waals surface area contributed by atoms with Gasteiger partial charge in [-0.15, -0.1) is 10.2 Å². The van der Waals surface area contributed by atoms with Crippen molar-refractivity contribution in [1.29, 1.82) is 0 Å². The van der Waals surface area contributed by atoms with Crippen LogP contribution in [0.5, 0.6) is 0 Å². The molecule has 9 heteroatoms. The Kier molecular flexibility index (Phi) is 5.76. The fourth-order valence-corrected chi connectivity index (χ4v) is 4.08. The van der Waals surface area contributed by atoms with Gasteiger partial charge in [0.05, 0.1) is 10.3 Å². The minimum Gasteiger partial charge on any atom is -0.352 e. The minimum absolute atomic E-state index is 0.00836. The average molecular weight is 400 g/mol. The van der Waals surface area contributed by atoms with Gasteiger partial charge in [0.1, 0.15) is 0 Å². The monoisotopic (exact) mass is 399 g/mol. The van der Waals surface area contributed by atoms with Gasteiger partial charge in [0.15, 0.2) is 5.82 Å². The van der Waals surface area contributed by atoms with Crippen LogP contribution in [0.2, 0.25) is 10.0 Å². The van der Waals surface area contributed by atoms with E-state index < -0.39 is 0 Å². The molecule has 3 N–H and O–H groups in total. The van der Waals surface area contributed by atoms with E-state index in [0.717, 1.165) is 12.8 Å². The lowest BCUT2D eigenvalue weighted by Gasteiger charge is -2.15. The molecule has 2 aromatic rings. The van der Waals surface area contributed by atoms with Crippen LogP contribution >= 0.6 is 35.0 Å². The summed E-state index contributed by atoms with van der Waals surface area (Å²) in [7, 11) is 0. The summed E-state index contributed by atoms with van der Waals surface area (Å²) in [5.74, 6) is 6.52. The first-order valence-electron chi connectivity index (χ1n) is 8.08. The lowest BCUT2D eigenvalue weighted by Crippen LogP contribution is -2.37. The van der Waals surface area contributed by atoms with Crippen LogP contribution in [0.3, 0.4) is 0 Å². The molecule has 1 aromatic heterocycles. The van der Waals surface area contributed by atoms with Gasteiger partial charge in [0.25, 0.3) is 0 Å². The zero-order valence-electron chi connectivity index (χ0n) is 13.7. The van der Waals surface area contributed by atoms with Crippen LogP contribution in [0.1, 0.15) is 32.6 Å². The maximum atomic E-state index is 12.3. The van der Waals surface area contributed by atoms with E-state index in [1.54, 1.807) is 18.2 Å². The van der Waals surface area contributed by atoms with E-state index in [1.165, 1.54) is 29.3 Å². The molecule has 1 aromatic carbocycles. The summed E-state index contributed by atoms with van der Waals surface area (Å²) in [6, 6.07) is 5.36. The van der Waals surface area contributed by atoms with Gasteiger partial charge in [-0.25, -0.2) is 4.68 Å². The van der Waals surface area contributed by atoms with Gasteiger partial charge >= 0.3 is 0 Å². The van der Waals surface area contributed by atoms with Crippen molar-refractivity contribution >= 4 is 40.9 Å². The molecule has 0 saturated heterocycles. The lowest BCUT2D eigenvalue weighted by molar-refractivity contribution is -0.120. The Morgan fingerprint density at radius 1 is 1.36 bits per heavy atom. The van der Waals surface area contributed by atoms with Crippen molar-refractivity contribution in [3.8, 4) is 11.4 Å². The molecule has 134 valence electrons. The van der Waals surface area contributed by atoms with E-state index in [9.17, 15) is 4.79 Å². The van der Waals surface area contributed by atoms with Gasteiger partial charge in [-0.3, -0.25) is 4.79 Å². The molecule has 1 fully saturated rings. The normalized spacial score (nSPS) is 16.1. The van der Waals surface area contributed by atoms with Crippen LogP contribution in [0, 0.1) is 0 Å². The van der Waals surface area contributed by atoms with Crippen LogP contribution in [-0.4, -0.2) is 32.1 Å². The van der Waals surface area contributed by atoms with E-state index >= 15 is 0 Å². The molecule has 1 heterocycles. The molecular formula is C16H19Cl2N5OS. The van der Waals surface area contributed by atoms with E-state index in [-0.39, 0.29) is 17.2 Å². The molecule has 0 radical (unpaired) electrons. The van der Waals surface area contributed by atoms with Crippen molar-refractivity contribution < 1.29 is 4.79 Å². The highest BCUT2D eigenvalue weighted by Gasteiger charge is 2.24. The van der Waals surface area contributed by atoms with Crippen LogP contribution in [0.15, 0.2) is 23.4 Å². The molecule has 6 nitrogen and oxygen atoms in total. The maximum absolute atomic E-state index is 12.3. The van der Waals surface area contributed by atoms with Crippen molar-refractivity contribution in [2.45, 2.75) is 49.1 Å². The zero-order chi connectivity index (χ0) is 18.0. The van der Waals surface area contributed by atoms with E-state index in [4.69, 9.17) is 29.0 Å². The van der Waals surface area contributed by atoms with Crippen molar-refractivity contribution in [2.75, 3.05) is 5.84 Å². The molecule has 0 aliphatic heterocycles. The fourth-order valence-electron chi connectivity index (χ4n) is 2.81. The summed E-state index contributed by atoms with van der Waals surface area (Å²) >= 11 is 13.4. The van der Waals surface area contributed by atoms with Gasteiger partial charge in [0, 0.05) is 16.6 Å². The quantitative estimate of drug-likeness (QED) is 0.593. The molecule has 0 spiro atoms. The number of nitrogens with two attached hydrogens (primary N) is 1. The number of thioether (sulfide) groups is 1. The first-order valence-corrected chi connectivity index (χ1v) is 9.72. The topological polar surface area (TPSA) is 85.8 Å². The Morgan fingerprint density at radius 2 is 2.08 bits per heavy atom. The summed E-state index contributed by atoms with van der Waals surface area (Å²) in [4.78, 5) is 12.3. The van der Waals surface area contributed by atoms with Crippen LogP contribution in [-0.2, 0) is 4.79 Å². The minimum atomic E-state index is -0.319. The smallest absolute Gasteiger partial charge is 0.233 e. The van der Waals surface area contributed by atoms with E-state index in [2.05, 4.69) is 15.5 Å². The molecule has 1 unspecified atom stereocenters. The molecule has 1 amide bonds. The van der Waals surface area contributed by atoms with Crippen molar-refractivity contribution in [3.63, 3.8) is 0 Å². The number of carbonyl (C=O) groups is 1. The molecule has 0 bridgehead atoms. The van der Waals surface area contributed by atoms with Crippen molar-refractivity contribution in [3.05, 3.63) is 28.2 Å². The maximum Gasteiger partial charge on any atom is 0.233 e. The highest BCUT2D eigenvalue weighted by atomic mass is 35.5. The Morgan fingerprint density at radius 3 is 2.76 bits per heavy atom. The number of nitrogen functional groups attached to an aromatic ring is 1. The second-order valence-corrected chi connectivity index (χ2v) is 8.20. The highest BCUT2D eigenvalue weighted by molar-refractivity contribution is 8.00. The molecule has 25 heavy (non-hydrogen) atoms. The second-order valence-electron chi connectivity index (χ2n) is 6.05. The predicted molar refractivity (Wildman–Crippen MR) is 101 cm³/mol. The number of hydrogen-bond donors (Lipinski definition) is 2. The third-order valence-corrected chi connectivity index (χ3v) is 5.79. The SMILES string of the molecule is CC(Sc1nnc(-c2ccc(Cl)cc2Cl)n1N)C(=O)NC1CCCC1. The summed E-state index contributed by atoms with van der Waals surface area (Å²) in [6.07, 6.45) is 4.45. The molecule has 1 atom stereocenters. The van der Waals surface area contributed by atoms with E-state index in [0.29, 0.717) is 26.6 Å². The number of hydrogen-bond acceptors (Lipinski definition) is 5. The Balaban J connectivity index is 1.71. The van der Waals surface area contributed by atoms with Crippen molar-refractivity contribution in [2.24, 2.45) is 0 Å². The average Bonchev–Trinajstić information content (AvgIpc) is 3.19. The van der Waals surface area contributed by atoms with Gasteiger partial charge in [-0.2, -0.15) is 0 Å². The number of aromatic nitrogens is 3. The largest absolute Gasteiger partial charge is 0.352 e. The Hall–Kier alpha value is -1.44. The number of halogens is 2. The Labute approximate surface area is 160 Å². The number of carbonyl (C=O) groups excluding carboxylic acids is 1. The summed E-state index contributed by atoms with van der Waals surface area (Å²) in [5.41, 5.74) is 0.635.